The molecule has 0 saturated carbocycles. The zero-order valence-corrected chi connectivity index (χ0v) is 14.4. The van der Waals surface area contributed by atoms with Crippen LogP contribution in [0.4, 0.5) is 5.82 Å². The number of nitrogens with zero attached hydrogens (tertiary/aromatic N) is 2. The van der Waals surface area contributed by atoms with Crippen LogP contribution in [0.25, 0.3) is 0 Å². The maximum absolute atomic E-state index is 12.2. The summed E-state index contributed by atoms with van der Waals surface area (Å²) >= 11 is 0. The third-order valence-corrected chi connectivity index (χ3v) is 5.73. The number of hydrogen-bond acceptors (Lipinski definition) is 5. The standard InChI is InChI=1S/C16H18N4O4S/c1-20-14(18-15(21)11-5-3-2-4-6-11)9-13(19-20)16(22)17-12-7-8-25(23,24)10-12/h2-6,9,12H,7-8,10H2,1H3,(H,17,22)(H,18,21). The van der Waals surface area contributed by atoms with Crippen LogP contribution in [0, 0.1) is 0 Å². The Kier molecular flexibility index (Phi) is 4.58. The molecule has 0 radical (unpaired) electrons. The maximum Gasteiger partial charge on any atom is 0.272 e. The van der Waals surface area contributed by atoms with Gasteiger partial charge in [0.05, 0.1) is 11.5 Å². The summed E-state index contributed by atoms with van der Waals surface area (Å²) in [6, 6.07) is 9.74. The average Bonchev–Trinajstić information content (AvgIpc) is 3.10. The summed E-state index contributed by atoms with van der Waals surface area (Å²) in [6.45, 7) is 0. The van der Waals surface area contributed by atoms with Gasteiger partial charge < -0.3 is 10.6 Å². The molecule has 1 unspecified atom stereocenters. The van der Waals surface area contributed by atoms with Gasteiger partial charge in [0.15, 0.2) is 15.5 Å². The molecule has 1 aromatic heterocycles. The van der Waals surface area contributed by atoms with Crippen molar-refractivity contribution in [3.05, 3.63) is 47.7 Å². The first-order valence-electron chi connectivity index (χ1n) is 7.76. The van der Waals surface area contributed by atoms with Crippen molar-refractivity contribution >= 4 is 27.5 Å². The van der Waals surface area contributed by atoms with Gasteiger partial charge in [-0.05, 0) is 18.6 Å². The topological polar surface area (TPSA) is 110 Å². The third-order valence-electron chi connectivity index (χ3n) is 3.96. The van der Waals surface area contributed by atoms with E-state index in [9.17, 15) is 18.0 Å². The highest BCUT2D eigenvalue weighted by Gasteiger charge is 2.29. The van der Waals surface area contributed by atoms with Gasteiger partial charge in [-0.2, -0.15) is 5.10 Å². The van der Waals surface area contributed by atoms with Gasteiger partial charge in [-0.25, -0.2) is 8.42 Å². The van der Waals surface area contributed by atoms with Gasteiger partial charge >= 0.3 is 0 Å². The number of rotatable bonds is 4. The Hall–Kier alpha value is -2.68. The lowest BCUT2D eigenvalue weighted by Crippen LogP contribution is -2.35. The number of aryl methyl sites for hydroxylation is 1. The predicted molar refractivity (Wildman–Crippen MR) is 92.1 cm³/mol. The molecule has 1 atom stereocenters. The van der Waals surface area contributed by atoms with Crippen LogP contribution in [0.3, 0.4) is 0 Å². The molecule has 0 aliphatic carbocycles. The molecule has 25 heavy (non-hydrogen) atoms. The number of sulfone groups is 1. The van der Waals surface area contributed by atoms with E-state index in [2.05, 4.69) is 15.7 Å². The molecule has 2 N–H and O–H groups in total. The molecular formula is C16H18N4O4S. The lowest BCUT2D eigenvalue weighted by atomic mass is 10.2. The average molecular weight is 362 g/mol. The molecule has 1 aliphatic rings. The highest BCUT2D eigenvalue weighted by Crippen LogP contribution is 2.14. The number of nitrogens with one attached hydrogen (secondary N) is 2. The van der Waals surface area contributed by atoms with Gasteiger partial charge in [0.25, 0.3) is 11.8 Å². The van der Waals surface area contributed by atoms with E-state index >= 15 is 0 Å². The minimum Gasteiger partial charge on any atom is -0.347 e. The van der Waals surface area contributed by atoms with E-state index in [1.165, 1.54) is 10.7 Å². The largest absolute Gasteiger partial charge is 0.347 e. The monoisotopic (exact) mass is 362 g/mol. The summed E-state index contributed by atoms with van der Waals surface area (Å²) in [5, 5.41) is 9.44. The summed E-state index contributed by atoms with van der Waals surface area (Å²) in [4.78, 5) is 24.4. The van der Waals surface area contributed by atoms with E-state index < -0.39 is 21.8 Å². The van der Waals surface area contributed by atoms with Crippen molar-refractivity contribution in [3.63, 3.8) is 0 Å². The van der Waals surface area contributed by atoms with Gasteiger partial charge in [-0.1, -0.05) is 18.2 Å². The Bertz CT molecular complexity index is 905. The fraction of sp³-hybridized carbons (Fsp3) is 0.312. The van der Waals surface area contributed by atoms with Crippen molar-refractivity contribution in [1.29, 1.82) is 0 Å². The summed E-state index contributed by atoms with van der Waals surface area (Å²) < 4.78 is 24.3. The number of hydrogen-bond donors (Lipinski definition) is 2. The summed E-state index contributed by atoms with van der Waals surface area (Å²) in [7, 11) is -1.46. The summed E-state index contributed by atoms with van der Waals surface area (Å²) in [5.74, 6) is -0.366. The summed E-state index contributed by atoms with van der Waals surface area (Å²) in [6.07, 6.45) is 0.401. The minimum absolute atomic E-state index is 0.0524. The first kappa shape index (κ1) is 17.2. The van der Waals surface area contributed by atoms with Crippen molar-refractivity contribution in [2.45, 2.75) is 12.5 Å². The predicted octanol–water partition coefficient (Wildman–Crippen LogP) is 0.589. The van der Waals surface area contributed by atoms with Gasteiger partial charge in [0.2, 0.25) is 0 Å². The molecule has 8 nitrogen and oxygen atoms in total. The second-order valence-electron chi connectivity index (χ2n) is 5.93. The third kappa shape index (κ3) is 4.05. The second-order valence-corrected chi connectivity index (χ2v) is 8.16. The number of benzene rings is 1. The molecule has 1 saturated heterocycles. The van der Waals surface area contributed by atoms with Crippen LogP contribution >= 0.6 is 0 Å². The zero-order valence-electron chi connectivity index (χ0n) is 13.6. The van der Waals surface area contributed by atoms with Crippen LogP contribution in [-0.2, 0) is 16.9 Å². The molecule has 0 bridgehead atoms. The molecule has 1 aromatic carbocycles. The lowest BCUT2D eigenvalue weighted by Gasteiger charge is -2.08. The SMILES string of the molecule is Cn1nc(C(=O)NC2CCS(=O)(=O)C2)cc1NC(=O)c1ccccc1. The normalized spacial score (nSPS) is 18.7. The van der Waals surface area contributed by atoms with Crippen LogP contribution in [0.15, 0.2) is 36.4 Å². The molecule has 0 spiro atoms. The van der Waals surface area contributed by atoms with Crippen molar-refractivity contribution in [2.75, 3.05) is 16.8 Å². The minimum atomic E-state index is -3.07. The number of amides is 2. The number of carbonyl (C=O) groups excluding carboxylic acids is 2. The van der Waals surface area contributed by atoms with Gasteiger partial charge in [-0.3, -0.25) is 14.3 Å². The molecule has 132 valence electrons. The van der Waals surface area contributed by atoms with E-state index in [0.29, 0.717) is 17.8 Å². The number of aromatic nitrogens is 2. The zero-order chi connectivity index (χ0) is 18.0. The fourth-order valence-corrected chi connectivity index (χ4v) is 4.31. The number of carbonyl (C=O) groups is 2. The first-order chi connectivity index (χ1) is 11.8. The van der Waals surface area contributed by atoms with E-state index in [-0.39, 0.29) is 23.1 Å². The van der Waals surface area contributed by atoms with Crippen LogP contribution in [0.5, 0.6) is 0 Å². The van der Waals surface area contributed by atoms with Crippen LogP contribution < -0.4 is 10.6 Å². The van der Waals surface area contributed by atoms with Crippen molar-refractivity contribution in [3.8, 4) is 0 Å². The Morgan fingerprint density at radius 3 is 2.56 bits per heavy atom. The smallest absolute Gasteiger partial charge is 0.272 e. The Morgan fingerprint density at radius 2 is 1.92 bits per heavy atom. The van der Waals surface area contributed by atoms with E-state index in [0.717, 1.165) is 0 Å². The Labute approximate surface area is 145 Å². The maximum atomic E-state index is 12.2. The van der Waals surface area contributed by atoms with Crippen molar-refractivity contribution in [2.24, 2.45) is 7.05 Å². The first-order valence-corrected chi connectivity index (χ1v) is 9.58. The van der Waals surface area contributed by atoms with Gasteiger partial charge in [-0.15, -0.1) is 0 Å². The molecule has 1 aliphatic heterocycles. The molecule has 2 amide bonds. The van der Waals surface area contributed by atoms with Crippen LogP contribution in [0.1, 0.15) is 27.3 Å². The second kappa shape index (κ2) is 6.67. The highest BCUT2D eigenvalue weighted by atomic mass is 32.2. The van der Waals surface area contributed by atoms with Crippen LogP contribution in [0.2, 0.25) is 0 Å². The molecule has 1 fully saturated rings. The molecule has 3 rings (SSSR count). The van der Waals surface area contributed by atoms with Crippen LogP contribution in [-0.4, -0.2) is 47.6 Å². The molecule has 2 heterocycles. The van der Waals surface area contributed by atoms with Gasteiger partial charge in [0.1, 0.15) is 5.82 Å². The van der Waals surface area contributed by atoms with Gasteiger partial charge in [0, 0.05) is 24.7 Å². The fourth-order valence-electron chi connectivity index (χ4n) is 2.64. The number of anilines is 1. The molecular weight excluding hydrogens is 344 g/mol. The Balaban J connectivity index is 1.68. The quantitative estimate of drug-likeness (QED) is 0.827. The Morgan fingerprint density at radius 1 is 1.20 bits per heavy atom. The van der Waals surface area contributed by atoms with Crippen molar-refractivity contribution in [1.82, 2.24) is 15.1 Å². The highest BCUT2D eigenvalue weighted by molar-refractivity contribution is 7.91. The van der Waals surface area contributed by atoms with E-state index in [1.807, 2.05) is 6.07 Å². The van der Waals surface area contributed by atoms with E-state index in [1.54, 1.807) is 31.3 Å². The lowest BCUT2D eigenvalue weighted by molar-refractivity contribution is 0.0934. The summed E-state index contributed by atoms with van der Waals surface area (Å²) in [5.41, 5.74) is 0.612. The molecule has 2 aromatic rings. The molecule has 9 heteroatoms. The van der Waals surface area contributed by atoms with E-state index in [4.69, 9.17) is 0 Å². The van der Waals surface area contributed by atoms with Crippen molar-refractivity contribution < 1.29 is 18.0 Å².